The predicted octanol–water partition coefficient (Wildman–Crippen LogP) is 2.44. The molecule has 0 aliphatic carbocycles. The van der Waals surface area contributed by atoms with Gasteiger partial charge in [-0.05, 0) is 24.3 Å². The summed E-state index contributed by atoms with van der Waals surface area (Å²) >= 11 is 0.900. The molecule has 1 heterocycles. The van der Waals surface area contributed by atoms with Crippen molar-refractivity contribution in [2.45, 2.75) is 24.8 Å². The summed E-state index contributed by atoms with van der Waals surface area (Å²) in [6, 6.07) is 6.13. The van der Waals surface area contributed by atoms with Gasteiger partial charge in [-0.3, -0.25) is 4.98 Å². The third kappa shape index (κ3) is 3.42. The SMILES string of the molecule is CCCC[SH2]c1ccccn1. The summed E-state index contributed by atoms with van der Waals surface area (Å²) in [5.41, 5.74) is 0. The van der Waals surface area contributed by atoms with Crippen molar-refractivity contribution in [3.63, 3.8) is 0 Å². The first kappa shape index (κ1) is 8.60. The minimum Gasteiger partial charge on any atom is -0.252 e. The maximum Gasteiger partial charge on any atom is 0.0738 e. The zero-order chi connectivity index (χ0) is 7.94. The number of pyridine rings is 1. The first-order valence-corrected chi connectivity index (χ1v) is 5.29. The normalized spacial score (nSPS) is 11.7. The van der Waals surface area contributed by atoms with Crippen molar-refractivity contribution in [3.8, 4) is 0 Å². The van der Waals surface area contributed by atoms with Crippen molar-refractivity contribution in [1.29, 1.82) is 0 Å². The van der Waals surface area contributed by atoms with Gasteiger partial charge in [0.25, 0.3) is 0 Å². The zero-order valence-electron chi connectivity index (χ0n) is 6.88. The van der Waals surface area contributed by atoms with Crippen molar-refractivity contribution in [2.24, 2.45) is 0 Å². The van der Waals surface area contributed by atoms with E-state index in [0.717, 1.165) is 11.8 Å². The van der Waals surface area contributed by atoms with Gasteiger partial charge in [0.1, 0.15) is 0 Å². The predicted molar refractivity (Wildman–Crippen MR) is 52.7 cm³/mol. The van der Waals surface area contributed by atoms with E-state index in [-0.39, 0.29) is 0 Å². The van der Waals surface area contributed by atoms with Crippen LogP contribution in [0.3, 0.4) is 0 Å². The fourth-order valence-electron chi connectivity index (χ4n) is 0.861. The average Bonchev–Trinajstić information content (AvgIpc) is 2.07. The second kappa shape index (κ2) is 5.19. The van der Waals surface area contributed by atoms with Gasteiger partial charge >= 0.3 is 0 Å². The van der Waals surface area contributed by atoms with Gasteiger partial charge in [0.05, 0.1) is 5.03 Å². The van der Waals surface area contributed by atoms with Gasteiger partial charge in [-0.2, -0.15) is 0 Å². The number of hydrogen-bond donors (Lipinski definition) is 0. The third-order valence-electron chi connectivity index (χ3n) is 1.50. The molecular formula is C9H15NS. The molecule has 2 heteroatoms. The molecule has 0 bridgehead atoms. The Balaban J connectivity index is 2.28. The quantitative estimate of drug-likeness (QED) is 0.631. The minimum atomic E-state index is 0.900. The van der Waals surface area contributed by atoms with Crippen LogP contribution in [0.4, 0.5) is 0 Å². The van der Waals surface area contributed by atoms with E-state index >= 15 is 0 Å². The Labute approximate surface area is 72.2 Å². The fraction of sp³-hybridized carbons (Fsp3) is 0.444. The molecule has 1 nitrogen and oxygen atoms in total. The number of aromatic nitrogens is 1. The van der Waals surface area contributed by atoms with E-state index in [1.54, 1.807) is 0 Å². The lowest BCUT2D eigenvalue weighted by molar-refractivity contribution is 0.894. The summed E-state index contributed by atoms with van der Waals surface area (Å²) in [6.07, 6.45) is 4.49. The summed E-state index contributed by atoms with van der Waals surface area (Å²) in [5.74, 6) is 1.30. The minimum absolute atomic E-state index is 0.900. The molecule has 0 aromatic carbocycles. The van der Waals surface area contributed by atoms with E-state index in [0.29, 0.717) is 0 Å². The van der Waals surface area contributed by atoms with Crippen molar-refractivity contribution in [1.82, 2.24) is 4.98 Å². The standard InChI is InChI=1S/C9H15NS/c1-2-3-8-11-9-6-4-5-7-10-9/h4-7H,2-3,8,11H2,1H3. The summed E-state index contributed by atoms with van der Waals surface area (Å²) in [4.78, 5) is 4.26. The molecular weight excluding hydrogens is 154 g/mol. The molecule has 0 N–H and O–H groups in total. The molecule has 0 radical (unpaired) electrons. The van der Waals surface area contributed by atoms with Crippen LogP contribution in [0.1, 0.15) is 19.8 Å². The first-order chi connectivity index (χ1) is 5.43. The van der Waals surface area contributed by atoms with Crippen molar-refractivity contribution in [2.75, 3.05) is 5.75 Å². The molecule has 0 aliphatic rings. The maximum absolute atomic E-state index is 4.26. The molecule has 0 saturated carbocycles. The summed E-state index contributed by atoms with van der Waals surface area (Å²) in [5, 5.41) is 1.25. The van der Waals surface area contributed by atoms with Crippen LogP contribution in [-0.2, 0) is 0 Å². The van der Waals surface area contributed by atoms with E-state index in [2.05, 4.69) is 24.0 Å². The lowest BCUT2D eigenvalue weighted by atomic mass is 10.4. The van der Waals surface area contributed by atoms with Gasteiger partial charge in [0, 0.05) is 6.20 Å². The van der Waals surface area contributed by atoms with E-state index < -0.39 is 0 Å². The number of hydrogen-bond acceptors (Lipinski definition) is 1. The Hall–Kier alpha value is -0.500. The molecule has 0 atom stereocenters. The second-order valence-electron chi connectivity index (χ2n) is 2.50. The second-order valence-corrected chi connectivity index (χ2v) is 3.86. The lowest BCUT2D eigenvalue weighted by Crippen LogP contribution is -1.80. The monoisotopic (exact) mass is 169 g/mol. The van der Waals surface area contributed by atoms with Crippen LogP contribution in [0.5, 0.6) is 0 Å². The highest BCUT2D eigenvalue weighted by Gasteiger charge is 1.88. The van der Waals surface area contributed by atoms with Gasteiger partial charge in [0.2, 0.25) is 0 Å². The highest BCUT2D eigenvalue weighted by atomic mass is 32.2. The van der Waals surface area contributed by atoms with E-state index in [1.807, 2.05) is 12.3 Å². The molecule has 1 rings (SSSR count). The average molecular weight is 169 g/mol. The molecule has 0 amide bonds. The fourth-order valence-corrected chi connectivity index (χ4v) is 2.03. The number of rotatable bonds is 4. The number of unbranched alkanes of at least 4 members (excludes halogenated alkanes) is 1. The van der Waals surface area contributed by atoms with Gasteiger partial charge in [-0.15, -0.1) is 0 Å². The van der Waals surface area contributed by atoms with Crippen LogP contribution in [0.2, 0.25) is 0 Å². The zero-order valence-corrected chi connectivity index (χ0v) is 7.88. The van der Waals surface area contributed by atoms with Crippen LogP contribution in [0.25, 0.3) is 0 Å². The Morgan fingerprint density at radius 3 is 3.00 bits per heavy atom. The van der Waals surface area contributed by atoms with Crippen molar-refractivity contribution >= 4 is 11.8 Å². The first-order valence-electron chi connectivity index (χ1n) is 4.08. The third-order valence-corrected chi connectivity index (χ3v) is 2.76. The lowest BCUT2D eigenvalue weighted by Gasteiger charge is -2.00. The molecule has 1 aromatic heterocycles. The Morgan fingerprint density at radius 2 is 2.36 bits per heavy atom. The molecule has 11 heavy (non-hydrogen) atoms. The van der Waals surface area contributed by atoms with Crippen molar-refractivity contribution in [3.05, 3.63) is 24.4 Å². The van der Waals surface area contributed by atoms with Crippen LogP contribution in [-0.4, -0.2) is 10.7 Å². The van der Waals surface area contributed by atoms with E-state index in [9.17, 15) is 0 Å². The number of nitrogens with zero attached hydrogens (tertiary/aromatic N) is 1. The van der Waals surface area contributed by atoms with Gasteiger partial charge < -0.3 is 0 Å². The molecule has 0 saturated heterocycles. The van der Waals surface area contributed by atoms with Gasteiger partial charge in [0.15, 0.2) is 0 Å². The largest absolute Gasteiger partial charge is 0.252 e. The van der Waals surface area contributed by atoms with Gasteiger partial charge in [-0.1, -0.05) is 19.4 Å². The molecule has 0 fully saturated rings. The summed E-state index contributed by atoms with van der Waals surface area (Å²) < 4.78 is 0. The highest BCUT2D eigenvalue weighted by Crippen LogP contribution is 2.15. The van der Waals surface area contributed by atoms with Crippen LogP contribution >= 0.6 is 11.8 Å². The molecule has 1 aromatic rings. The Bertz CT molecular complexity index is 186. The van der Waals surface area contributed by atoms with E-state index in [1.165, 1.54) is 23.6 Å². The topological polar surface area (TPSA) is 12.9 Å². The van der Waals surface area contributed by atoms with Crippen LogP contribution < -0.4 is 0 Å². The van der Waals surface area contributed by atoms with Crippen molar-refractivity contribution < 1.29 is 0 Å². The Kier molecular flexibility index (Phi) is 4.06. The maximum atomic E-state index is 4.26. The molecule has 62 valence electrons. The summed E-state index contributed by atoms with van der Waals surface area (Å²) in [7, 11) is 0. The highest BCUT2D eigenvalue weighted by molar-refractivity contribution is 7.99. The summed E-state index contributed by atoms with van der Waals surface area (Å²) in [6.45, 7) is 2.23. The van der Waals surface area contributed by atoms with E-state index in [4.69, 9.17) is 0 Å². The molecule has 0 unspecified atom stereocenters. The smallest absolute Gasteiger partial charge is 0.0738 e. The molecule has 0 spiro atoms. The van der Waals surface area contributed by atoms with Crippen LogP contribution in [0.15, 0.2) is 29.4 Å². The van der Waals surface area contributed by atoms with Gasteiger partial charge in [-0.25, -0.2) is 11.8 Å². The molecule has 0 aliphatic heterocycles. The van der Waals surface area contributed by atoms with Crippen LogP contribution in [0, 0.1) is 0 Å². The Morgan fingerprint density at radius 1 is 1.45 bits per heavy atom.